The monoisotopic (exact) mass is 206 g/mol. The van der Waals surface area contributed by atoms with Crippen molar-refractivity contribution < 1.29 is 18.4 Å². The van der Waals surface area contributed by atoms with Crippen molar-refractivity contribution in [3.63, 3.8) is 0 Å². The van der Waals surface area contributed by atoms with Crippen LogP contribution in [0.4, 0.5) is 0 Å². The molecule has 0 aromatic carbocycles. The van der Waals surface area contributed by atoms with Crippen molar-refractivity contribution in [2.24, 2.45) is 4.40 Å². The summed E-state index contributed by atoms with van der Waals surface area (Å²) in [5.74, 6) is -1.19. The Morgan fingerprint density at radius 3 is 2.62 bits per heavy atom. The molecule has 0 aromatic heterocycles. The topological polar surface area (TPSA) is 116 Å². The fourth-order valence-electron chi connectivity index (χ4n) is 0.634. The Morgan fingerprint density at radius 2 is 2.15 bits per heavy atom. The number of hydrogen-bond donors (Lipinski definition) is 0. The van der Waals surface area contributed by atoms with Gasteiger partial charge >= 0.3 is 10.2 Å². The molecular weight excluding hydrogens is 202 g/mol. The van der Waals surface area contributed by atoms with Gasteiger partial charge in [-0.25, -0.2) is 0 Å². The second-order valence-electron chi connectivity index (χ2n) is 2.13. The highest BCUT2D eigenvalue weighted by molar-refractivity contribution is 7.88. The van der Waals surface area contributed by atoms with Crippen LogP contribution in [0.5, 0.6) is 0 Å². The Bertz CT molecular complexity index is 407. The molecule has 0 saturated carbocycles. The van der Waals surface area contributed by atoms with Gasteiger partial charge in [0.05, 0.1) is 10.8 Å². The van der Waals surface area contributed by atoms with Crippen LogP contribution in [0.1, 0.15) is 0 Å². The third kappa shape index (κ3) is 1.45. The third-order valence-corrected chi connectivity index (χ3v) is 2.59. The molecule has 9 heteroatoms. The fourth-order valence-corrected chi connectivity index (χ4v) is 1.31. The van der Waals surface area contributed by atoms with E-state index in [1.807, 2.05) is 0 Å². The minimum absolute atomic E-state index is 0.213. The summed E-state index contributed by atoms with van der Waals surface area (Å²) in [6.07, 6.45) is 0.428. The smallest absolute Gasteiger partial charge is 0.343 e. The molecule has 13 heavy (non-hydrogen) atoms. The highest BCUT2D eigenvalue weighted by Crippen LogP contribution is 2.13. The van der Waals surface area contributed by atoms with E-state index in [1.165, 1.54) is 0 Å². The molecular formula is C4H4N3O5S-. The van der Waals surface area contributed by atoms with E-state index in [4.69, 9.17) is 0 Å². The molecule has 0 saturated heterocycles. The Labute approximate surface area is 73.1 Å². The summed E-state index contributed by atoms with van der Waals surface area (Å²) in [4.78, 5) is 9.17. The standard InChI is InChI=1S/C4H5N3O5S/c1-6-4(8)3(7(9)10)2-5-13(6,11)12/h2,8H,1H3/p-1. The quantitative estimate of drug-likeness (QED) is 0.365. The molecule has 0 radical (unpaired) electrons. The zero-order chi connectivity index (χ0) is 10.2. The van der Waals surface area contributed by atoms with E-state index in [9.17, 15) is 23.6 Å². The van der Waals surface area contributed by atoms with Crippen LogP contribution in [0, 0.1) is 10.1 Å². The van der Waals surface area contributed by atoms with E-state index in [-0.39, 0.29) is 4.31 Å². The van der Waals surface area contributed by atoms with E-state index in [1.54, 1.807) is 0 Å². The van der Waals surface area contributed by atoms with E-state index in [0.717, 1.165) is 7.05 Å². The van der Waals surface area contributed by atoms with Crippen LogP contribution in [0.15, 0.2) is 16.0 Å². The number of nitrogens with zero attached hydrogens (tertiary/aromatic N) is 3. The summed E-state index contributed by atoms with van der Waals surface area (Å²) in [5.41, 5.74) is -0.864. The van der Waals surface area contributed by atoms with Crippen LogP contribution in [-0.4, -0.2) is 30.9 Å². The Balaban J connectivity index is 3.27. The molecule has 0 N–H and O–H groups in total. The van der Waals surface area contributed by atoms with Gasteiger partial charge in [0.1, 0.15) is 6.21 Å². The molecule has 0 fully saturated rings. The molecule has 8 nitrogen and oxygen atoms in total. The minimum atomic E-state index is -4.05. The Hall–Kier alpha value is -1.64. The van der Waals surface area contributed by atoms with Crippen LogP contribution in [-0.2, 0) is 10.2 Å². The van der Waals surface area contributed by atoms with Crippen molar-refractivity contribution in [3.8, 4) is 0 Å². The van der Waals surface area contributed by atoms with Gasteiger partial charge in [-0.15, -0.1) is 4.40 Å². The van der Waals surface area contributed by atoms with Crippen molar-refractivity contribution in [3.05, 3.63) is 21.7 Å². The highest BCUT2D eigenvalue weighted by Gasteiger charge is 2.25. The Morgan fingerprint density at radius 1 is 1.62 bits per heavy atom. The molecule has 0 aromatic rings. The molecule has 0 aliphatic carbocycles. The van der Waals surface area contributed by atoms with Crippen LogP contribution < -0.4 is 5.11 Å². The normalized spacial score (nSPS) is 20.5. The largest absolute Gasteiger partial charge is 0.855 e. The molecule has 1 aliphatic heterocycles. The maximum atomic E-state index is 11.0. The van der Waals surface area contributed by atoms with Gasteiger partial charge in [-0.1, -0.05) is 0 Å². The number of hydrogen-bond acceptors (Lipinski definition) is 5. The predicted octanol–water partition coefficient (Wildman–Crippen LogP) is -1.95. The van der Waals surface area contributed by atoms with Gasteiger partial charge in [0.25, 0.3) is 5.70 Å². The predicted molar refractivity (Wildman–Crippen MR) is 39.2 cm³/mol. The van der Waals surface area contributed by atoms with Gasteiger partial charge in [-0.2, -0.15) is 8.42 Å². The minimum Gasteiger partial charge on any atom is -0.855 e. The first-order chi connectivity index (χ1) is 5.86. The average molecular weight is 206 g/mol. The summed E-state index contributed by atoms with van der Waals surface area (Å²) in [6, 6.07) is 0. The van der Waals surface area contributed by atoms with Gasteiger partial charge in [-0.05, 0) is 0 Å². The fraction of sp³-hybridized carbons (Fsp3) is 0.250. The van der Waals surface area contributed by atoms with Gasteiger partial charge in [-0.3, -0.25) is 14.4 Å². The number of rotatable bonds is 1. The van der Waals surface area contributed by atoms with Crippen LogP contribution in [0.3, 0.4) is 0 Å². The summed E-state index contributed by atoms with van der Waals surface area (Å²) >= 11 is 0. The molecule has 72 valence electrons. The van der Waals surface area contributed by atoms with Crippen molar-refractivity contribution in [2.45, 2.75) is 0 Å². The maximum absolute atomic E-state index is 11.0. The molecule has 0 spiro atoms. The molecule has 1 heterocycles. The lowest BCUT2D eigenvalue weighted by atomic mass is 10.5. The summed E-state index contributed by atoms with van der Waals surface area (Å²) in [6.45, 7) is 0. The van der Waals surface area contributed by atoms with Gasteiger partial charge in [0.2, 0.25) is 0 Å². The van der Waals surface area contributed by atoms with Crippen LogP contribution in [0.2, 0.25) is 0 Å². The number of allylic oxidation sites excluding steroid dienone is 1. The zero-order valence-corrected chi connectivity index (χ0v) is 7.18. The first-order valence-corrected chi connectivity index (χ1v) is 4.36. The van der Waals surface area contributed by atoms with E-state index in [2.05, 4.69) is 4.40 Å². The summed E-state index contributed by atoms with van der Waals surface area (Å²) in [5, 5.41) is 21.1. The lowest BCUT2D eigenvalue weighted by Crippen LogP contribution is -2.36. The number of nitro groups is 1. The van der Waals surface area contributed by atoms with Crippen molar-refractivity contribution in [2.75, 3.05) is 7.05 Å². The molecule has 0 unspecified atom stereocenters. The zero-order valence-electron chi connectivity index (χ0n) is 6.37. The molecule has 0 bridgehead atoms. The maximum Gasteiger partial charge on any atom is 0.343 e. The molecule has 0 amide bonds. The van der Waals surface area contributed by atoms with E-state index < -0.39 is 26.7 Å². The Kier molecular flexibility index (Phi) is 1.96. The summed E-state index contributed by atoms with van der Waals surface area (Å²) < 4.78 is 24.7. The van der Waals surface area contributed by atoms with Crippen LogP contribution in [0.25, 0.3) is 0 Å². The molecule has 0 atom stereocenters. The summed E-state index contributed by atoms with van der Waals surface area (Å²) in [7, 11) is -3.15. The van der Waals surface area contributed by atoms with Gasteiger partial charge < -0.3 is 5.11 Å². The van der Waals surface area contributed by atoms with Crippen LogP contribution >= 0.6 is 0 Å². The second-order valence-corrected chi connectivity index (χ2v) is 3.78. The second kappa shape index (κ2) is 2.69. The SMILES string of the molecule is CN1C([O-])=C([N+](=O)[O-])C=NS1(=O)=O. The lowest BCUT2D eigenvalue weighted by molar-refractivity contribution is -0.436. The average Bonchev–Trinajstić information content (AvgIpc) is 2.00. The first-order valence-electron chi connectivity index (χ1n) is 2.96. The van der Waals surface area contributed by atoms with E-state index in [0.29, 0.717) is 6.21 Å². The van der Waals surface area contributed by atoms with Gasteiger partial charge in [0, 0.05) is 7.05 Å². The van der Waals surface area contributed by atoms with Crippen molar-refractivity contribution in [1.29, 1.82) is 0 Å². The highest BCUT2D eigenvalue weighted by atomic mass is 32.2. The lowest BCUT2D eigenvalue weighted by Gasteiger charge is -2.24. The third-order valence-electron chi connectivity index (χ3n) is 1.36. The first kappa shape index (κ1) is 9.45. The van der Waals surface area contributed by atoms with Crippen molar-refractivity contribution in [1.82, 2.24) is 4.31 Å². The van der Waals surface area contributed by atoms with Gasteiger partial charge in [0.15, 0.2) is 0 Å². The van der Waals surface area contributed by atoms with E-state index >= 15 is 0 Å². The molecule has 1 rings (SSSR count). The van der Waals surface area contributed by atoms with Crippen molar-refractivity contribution >= 4 is 16.4 Å². The molecule has 1 aliphatic rings.